The zero-order valence-corrected chi connectivity index (χ0v) is 14.7. The lowest BCUT2D eigenvalue weighted by atomic mass is 9.98. The molecule has 1 N–H and O–H groups in total. The van der Waals surface area contributed by atoms with Crippen molar-refractivity contribution in [2.24, 2.45) is 0 Å². The maximum absolute atomic E-state index is 13.0. The van der Waals surface area contributed by atoms with Crippen LogP contribution < -0.4 is 9.80 Å². The number of imide groups is 1. The van der Waals surface area contributed by atoms with E-state index in [4.69, 9.17) is 0 Å². The second kappa shape index (κ2) is 6.12. The third kappa shape index (κ3) is 2.76. The van der Waals surface area contributed by atoms with Gasteiger partial charge in [0.1, 0.15) is 6.54 Å². The number of rotatable bonds is 2. The zero-order valence-electron chi connectivity index (χ0n) is 14.7. The molecule has 4 nitrogen and oxygen atoms in total. The summed E-state index contributed by atoms with van der Waals surface area (Å²) in [7, 11) is 0. The molecule has 0 aromatic heterocycles. The van der Waals surface area contributed by atoms with Gasteiger partial charge in [-0.25, -0.2) is 4.90 Å². The van der Waals surface area contributed by atoms with Crippen molar-refractivity contribution < 1.29 is 14.5 Å². The molecule has 0 radical (unpaired) electrons. The Labute approximate surface area is 148 Å². The van der Waals surface area contributed by atoms with Crippen molar-refractivity contribution in [3.8, 4) is 0 Å². The van der Waals surface area contributed by atoms with Crippen LogP contribution in [0.25, 0.3) is 0 Å². The number of hydrogen-bond donors (Lipinski definition) is 1. The SMILES string of the molecule is Cc1ccc(N2C(=O)C[C@@H]([NH+]3CCc4ccccc4C3)C2=O)cc1C. The Hall–Kier alpha value is -2.46. The quantitative estimate of drug-likeness (QED) is 0.847. The molecule has 25 heavy (non-hydrogen) atoms. The molecule has 128 valence electrons. The minimum Gasteiger partial charge on any atom is -0.320 e. The molecular formula is C21H23N2O2+. The number of carbonyl (C=O) groups excluding carboxylic acids is 2. The molecule has 1 unspecified atom stereocenters. The molecule has 0 aliphatic carbocycles. The molecule has 2 atom stereocenters. The molecule has 2 aromatic rings. The van der Waals surface area contributed by atoms with Crippen LogP contribution in [-0.2, 0) is 22.6 Å². The standard InChI is InChI=1S/C21H22N2O2/c1-14-7-8-18(11-15(14)2)23-20(24)12-19(21(23)25)22-10-9-16-5-3-4-6-17(16)13-22/h3-8,11,19H,9-10,12-13H2,1-2H3/p+1/t19-/m1/s1. The summed E-state index contributed by atoms with van der Waals surface area (Å²) in [5.74, 6) is -0.132. The van der Waals surface area contributed by atoms with E-state index in [1.54, 1.807) is 0 Å². The Kier molecular flexibility index (Phi) is 3.92. The van der Waals surface area contributed by atoms with Gasteiger partial charge < -0.3 is 4.90 Å². The van der Waals surface area contributed by atoms with E-state index in [0.29, 0.717) is 12.1 Å². The topological polar surface area (TPSA) is 41.8 Å². The van der Waals surface area contributed by atoms with Crippen LogP contribution in [0.2, 0.25) is 0 Å². The molecule has 2 heterocycles. The van der Waals surface area contributed by atoms with Gasteiger partial charge in [0.2, 0.25) is 5.91 Å². The fraction of sp³-hybridized carbons (Fsp3) is 0.333. The van der Waals surface area contributed by atoms with Crippen LogP contribution >= 0.6 is 0 Å². The first-order valence-corrected chi connectivity index (χ1v) is 8.90. The highest BCUT2D eigenvalue weighted by atomic mass is 16.2. The highest BCUT2D eigenvalue weighted by Crippen LogP contribution is 2.25. The highest BCUT2D eigenvalue weighted by Gasteiger charge is 2.46. The summed E-state index contributed by atoms with van der Waals surface area (Å²) in [5, 5.41) is 0. The number of fused-ring (bicyclic) bond motifs is 1. The van der Waals surface area contributed by atoms with E-state index in [1.165, 1.54) is 20.9 Å². The third-order valence-electron chi connectivity index (χ3n) is 5.64. The van der Waals surface area contributed by atoms with E-state index in [0.717, 1.165) is 30.6 Å². The fourth-order valence-corrected chi connectivity index (χ4v) is 3.99. The first kappa shape index (κ1) is 16.0. The number of amides is 2. The van der Waals surface area contributed by atoms with Crippen molar-refractivity contribution >= 4 is 17.5 Å². The molecule has 2 aromatic carbocycles. The minimum absolute atomic E-state index is 0.0531. The highest BCUT2D eigenvalue weighted by molar-refractivity contribution is 6.21. The number of quaternary nitrogens is 1. The Balaban J connectivity index is 1.58. The van der Waals surface area contributed by atoms with Crippen molar-refractivity contribution in [2.75, 3.05) is 11.4 Å². The third-order valence-corrected chi connectivity index (χ3v) is 5.64. The van der Waals surface area contributed by atoms with Crippen molar-refractivity contribution in [3.05, 3.63) is 64.7 Å². The second-order valence-electron chi connectivity index (χ2n) is 7.20. The zero-order chi connectivity index (χ0) is 17.6. The molecule has 0 saturated carbocycles. The predicted molar refractivity (Wildman–Crippen MR) is 96.5 cm³/mol. The van der Waals surface area contributed by atoms with E-state index < -0.39 is 0 Å². The van der Waals surface area contributed by atoms with Crippen LogP contribution in [0, 0.1) is 13.8 Å². The van der Waals surface area contributed by atoms with Crippen LogP contribution in [0.3, 0.4) is 0 Å². The lowest BCUT2D eigenvalue weighted by molar-refractivity contribution is -0.930. The summed E-state index contributed by atoms with van der Waals surface area (Å²) >= 11 is 0. The van der Waals surface area contributed by atoms with E-state index >= 15 is 0 Å². The van der Waals surface area contributed by atoms with E-state index in [-0.39, 0.29) is 17.9 Å². The van der Waals surface area contributed by atoms with Crippen LogP contribution in [0.15, 0.2) is 42.5 Å². The van der Waals surface area contributed by atoms with Gasteiger partial charge in [-0.1, -0.05) is 30.3 Å². The lowest BCUT2D eigenvalue weighted by Crippen LogP contribution is -3.16. The number of nitrogens with one attached hydrogen (secondary N) is 1. The molecule has 1 fully saturated rings. The van der Waals surface area contributed by atoms with Gasteiger partial charge in [0.15, 0.2) is 6.04 Å². The van der Waals surface area contributed by atoms with Crippen LogP contribution in [0.5, 0.6) is 0 Å². The maximum atomic E-state index is 13.0. The molecular weight excluding hydrogens is 312 g/mol. The van der Waals surface area contributed by atoms with E-state index in [2.05, 4.69) is 18.2 Å². The average Bonchev–Trinajstić information content (AvgIpc) is 2.91. The fourth-order valence-electron chi connectivity index (χ4n) is 3.99. The van der Waals surface area contributed by atoms with Crippen molar-refractivity contribution in [2.45, 2.75) is 39.3 Å². The molecule has 0 spiro atoms. The monoisotopic (exact) mass is 335 g/mol. The average molecular weight is 335 g/mol. The van der Waals surface area contributed by atoms with Crippen molar-refractivity contribution in [1.82, 2.24) is 0 Å². The summed E-state index contributed by atoms with van der Waals surface area (Å²) in [5.41, 5.74) is 5.64. The molecule has 0 bridgehead atoms. The van der Waals surface area contributed by atoms with Crippen LogP contribution in [-0.4, -0.2) is 24.4 Å². The molecule has 4 heteroatoms. The normalized spacial score (nSPS) is 23.0. The van der Waals surface area contributed by atoms with Gasteiger partial charge in [-0.05, 0) is 42.7 Å². The smallest absolute Gasteiger partial charge is 0.292 e. The Morgan fingerprint density at radius 3 is 2.52 bits per heavy atom. The lowest BCUT2D eigenvalue weighted by Gasteiger charge is -2.29. The first-order chi connectivity index (χ1) is 12.0. The number of anilines is 1. The molecule has 2 amide bonds. The van der Waals surface area contributed by atoms with Gasteiger partial charge >= 0.3 is 0 Å². The van der Waals surface area contributed by atoms with Gasteiger partial charge in [-0.2, -0.15) is 0 Å². The molecule has 1 saturated heterocycles. The van der Waals surface area contributed by atoms with E-state index in [1.807, 2.05) is 38.1 Å². The summed E-state index contributed by atoms with van der Waals surface area (Å²) in [6.45, 7) is 5.76. The predicted octanol–water partition coefficient (Wildman–Crippen LogP) is 1.58. The molecule has 2 aliphatic heterocycles. The van der Waals surface area contributed by atoms with Gasteiger partial charge in [0, 0.05) is 12.0 Å². The summed E-state index contributed by atoms with van der Waals surface area (Å²) in [4.78, 5) is 28.2. The summed E-state index contributed by atoms with van der Waals surface area (Å²) < 4.78 is 0. The Morgan fingerprint density at radius 2 is 1.76 bits per heavy atom. The number of aryl methyl sites for hydroxylation is 2. The molecule has 2 aliphatic rings. The Morgan fingerprint density at radius 1 is 1.00 bits per heavy atom. The van der Waals surface area contributed by atoms with Gasteiger partial charge in [-0.15, -0.1) is 0 Å². The summed E-state index contributed by atoms with van der Waals surface area (Å²) in [6.07, 6.45) is 1.27. The maximum Gasteiger partial charge on any atom is 0.292 e. The first-order valence-electron chi connectivity index (χ1n) is 8.90. The van der Waals surface area contributed by atoms with Crippen LogP contribution in [0.1, 0.15) is 28.7 Å². The largest absolute Gasteiger partial charge is 0.320 e. The van der Waals surface area contributed by atoms with Gasteiger partial charge in [-0.3, -0.25) is 9.59 Å². The number of benzene rings is 2. The second-order valence-corrected chi connectivity index (χ2v) is 7.20. The Bertz CT molecular complexity index is 859. The van der Waals surface area contributed by atoms with E-state index in [9.17, 15) is 9.59 Å². The van der Waals surface area contributed by atoms with Gasteiger partial charge in [0.25, 0.3) is 5.91 Å². The van der Waals surface area contributed by atoms with Gasteiger partial charge in [0.05, 0.1) is 18.7 Å². The number of hydrogen-bond acceptors (Lipinski definition) is 2. The number of carbonyl (C=O) groups is 2. The molecule has 4 rings (SSSR count). The van der Waals surface area contributed by atoms with Crippen molar-refractivity contribution in [3.63, 3.8) is 0 Å². The number of nitrogens with zero attached hydrogens (tertiary/aromatic N) is 1. The minimum atomic E-state index is -0.262. The van der Waals surface area contributed by atoms with Crippen molar-refractivity contribution in [1.29, 1.82) is 0 Å². The summed E-state index contributed by atoms with van der Waals surface area (Å²) in [6, 6.07) is 13.9. The van der Waals surface area contributed by atoms with Crippen LogP contribution in [0.4, 0.5) is 5.69 Å².